The summed E-state index contributed by atoms with van der Waals surface area (Å²) in [6.07, 6.45) is 75.8. The van der Waals surface area contributed by atoms with Gasteiger partial charge in [0.1, 0.15) is 13.2 Å². The summed E-state index contributed by atoms with van der Waals surface area (Å²) in [6, 6.07) is 0. The normalized spacial score (nSPS) is 12.7. The van der Waals surface area contributed by atoms with Gasteiger partial charge in [-0.1, -0.05) is 241 Å². The van der Waals surface area contributed by atoms with E-state index in [4.69, 9.17) is 14.2 Å². The van der Waals surface area contributed by atoms with Gasteiger partial charge in [0, 0.05) is 19.3 Å². The minimum absolute atomic E-state index is 0.109. The monoisotopic (exact) mass is 975 g/mol. The molecule has 0 saturated heterocycles. The number of rotatable bonds is 53. The number of esters is 3. The van der Waals surface area contributed by atoms with Crippen LogP contribution in [0.2, 0.25) is 0 Å². The molecule has 6 heteroatoms. The van der Waals surface area contributed by atoms with Gasteiger partial charge in [-0.15, -0.1) is 0 Å². The Kier molecular flexibility index (Phi) is 55.3. The number of carbonyl (C=O) groups is 3. The highest BCUT2D eigenvalue weighted by Gasteiger charge is 2.19. The van der Waals surface area contributed by atoms with Gasteiger partial charge < -0.3 is 14.2 Å². The second-order valence-electron chi connectivity index (χ2n) is 19.6. The van der Waals surface area contributed by atoms with Crippen molar-refractivity contribution in [1.29, 1.82) is 0 Å². The van der Waals surface area contributed by atoms with Crippen LogP contribution in [0.3, 0.4) is 0 Å². The predicted molar refractivity (Wildman–Crippen MR) is 302 cm³/mol. The summed E-state index contributed by atoms with van der Waals surface area (Å²) in [5.74, 6) is -0.991. The third-order valence-corrected chi connectivity index (χ3v) is 12.6. The Morgan fingerprint density at radius 2 is 0.571 bits per heavy atom. The second kappa shape index (κ2) is 58.2. The lowest BCUT2D eigenvalue weighted by Crippen LogP contribution is -2.30. The topological polar surface area (TPSA) is 78.9 Å². The molecular formula is C64H110O6. The highest BCUT2D eigenvalue weighted by atomic mass is 16.6. The van der Waals surface area contributed by atoms with Gasteiger partial charge in [-0.05, 0) is 109 Å². The van der Waals surface area contributed by atoms with Crippen molar-refractivity contribution in [3.8, 4) is 0 Å². The molecule has 0 aliphatic rings. The fourth-order valence-corrected chi connectivity index (χ4v) is 8.13. The molecule has 1 unspecified atom stereocenters. The van der Waals surface area contributed by atoms with Gasteiger partial charge in [0.05, 0.1) is 0 Å². The first kappa shape index (κ1) is 66.6. The molecule has 6 nitrogen and oxygen atoms in total. The number of unbranched alkanes of at least 4 members (excludes halogenated alkanes) is 29. The van der Waals surface area contributed by atoms with Crippen molar-refractivity contribution < 1.29 is 28.6 Å². The summed E-state index contributed by atoms with van der Waals surface area (Å²) in [7, 11) is 0. The fourth-order valence-electron chi connectivity index (χ4n) is 8.13. The van der Waals surface area contributed by atoms with Crippen molar-refractivity contribution in [2.75, 3.05) is 13.2 Å². The molecule has 0 fully saturated rings. The largest absolute Gasteiger partial charge is 0.462 e. The summed E-state index contributed by atoms with van der Waals surface area (Å²) in [6.45, 7) is 6.55. The lowest BCUT2D eigenvalue weighted by atomic mass is 10.1. The van der Waals surface area contributed by atoms with E-state index in [0.29, 0.717) is 19.3 Å². The van der Waals surface area contributed by atoms with E-state index in [0.717, 1.165) is 77.0 Å². The lowest BCUT2D eigenvalue weighted by molar-refractivity contribution is -0.167. The average Bonchev–Trinajstić information content (AvgIpc) is 3.36. The SMILES string of the molecule is CCCCC/C=C\C/C=C\C/C=C\C/C=C\CCCC(=O)OC(COC(=O)CCCCC/C=C\C=C/CCCCCCCCC)COC(=O)CCCCCCCCC/C=C\CCCCCCCCCC. The first-order valence-corrected chi connectivity index (χ1v) is 29.6. The third-order valence-electron chi connectivity index (χ3n) is 12.6. The van der Waals surface area contributed by atoms with Crippen molar-refractivity contribution in [3.05, 3.63) is 85.1 Å². The van der Waals surface area contributed by atoms with Crippen molar-refractivity contribution in [2.45, 2.75) is 290 Å². The van der Waals surface area contributed by atoms with E-state index >= 15 is 0 Å². The maximum atomic E-state index is 12.8. The molecule has 0 spiro atoms. The molecule has 0 amide bonds. The highest BCUT2D eigenvalue weighted by molar-refractivity contribution is 5.71. The van der Waals surface area contributed by atoms with Crippen LogP contribution < -0.4 is 0 Å². The summed E-state index contributed by atoms with van der Waals surface area (Å²) in [5, 5.41) is 0. The van der Waals surface area contributed by atoms with Gasteiger partial charge in [0.15, 0.2) is 6.10 Å². The van der Waals surface area contributed by atoms with Crippen LogP contribution in [0.15, 0.2) is 85.1 Å². The van der Waals surface area contributed by atoms with Crippen LogP contribution in [-0.4, -0.2) is 37.2 Å². The molecule has 1 atom stereocenters. The van der Waals surface area contributed by atoms with Crippen molar-refractivity contribution in [3.63, 3.8) is 0 Å². The van der Waals surface area contributed by atoms with E-state index in [1.807, 2.05) is 0 Å². The molecule has 0 N–H and O–H groups in total. The summed E-state index contributed by atoms with van der Waals surface area (Å²) in [4.78, 5) is 38.2. The molecule has 402 valence electrons. The van der Waals surface area contributed by atoms with Gasteiger partial charge in [-0.2, -0.15) is 0 Å². The minimum atomic E-state index is -0.819. The Morgan fingerprint density at radius 1 is 0.300 bits per heavy atom. The van der Waals surface area contributed by atoms with E-state index in [1.54, 1.807) is 0 Å². The Morgan fingerprint density at radius 3 is 0.986 bits per heavy atom. The van der Waals surface area contributed by atoms with Gasteiger partial charge in [0.2, 0.25) is 0 Å². The average molecular weight is 976 g/mol. The van der Waals surface area contributed by atoms with Crippen LogP contribution in [0.25, 0.3) is 0 Å². The quantitative estimate of drug-likeness (QED) is 0.0199. The minimum Gasteiger partial charge on any atom is -0.462 e. The molecule has 0 aliphatic heterocycles. The molecule has 70 heavy (non-hydrogen) atoms. The lowest BCUT2D eigenvalue weighted by Gasteiger charge is -2.18. The van der Waals surface area contributed by atoms with Crippen LogP contribution in [0, 0.1) is 0 Å². The van der Waals surface area contributed by atoms with E-state index in [9.17, 15) is 14.4 Å². The zero-order valence-corrected chi connectivity index (χ0v) is 46.0. The fraction of sp³-hybridized carbons (Fsp3) is 0.734. The van der Waals surface area contributed by atoms with Gasteiger partial charge >= 0.3 is 17.9 Å². The third kappa shape index (κ3) is 55.5. The van der Waals surface area contributed by atoms with Crippen molar-refractivity contribution >= 4 is 17.9 Å². The molecule has 0 aliphatic carbocycles. The van der Waals surface area contributed by atoms with Crippen LogP contribution >= 0.6 is 0 Å². The predicted octanol–water partition coefficient (Wildman–Crippen LogP) is 19.9. The molecule has 0 radical (unpaired) electrons. The smallest absolute Gasteiger partial charge is 0.306 e. The van der Waals surface area contributed by atoms with E-state index in [-0.39, 0.29) is 37.5 Å². The molecule has 0 aromatic heterocycles. The zero-order valence-electron chi connectivity index (χ0n) is 46.0. The van der Waals surface area contributed by atoms with E-state index < -0.39 is 6.10 Å². The molecule has 0 aromatic carbocycles. The molecule has 0 bridgehead atoms. The van der Waals surface area contributed by atoms with Gasteiger partial charge in [0.25, 0.3) is 0 Å². The van der Waals surface area contributed by atoms with Gasteiger partial charge in [-0.25, -0.2) is 0 Å². The Balaban J connectivity index is 4.50. The van der Waals surface area contributed by atoms with Crippen LogP contribution in [0.5, 0.6) is 0 Å². The first-order valence-electron chi connectivity index (χ1n) is 29.6. The number of hydrogen-bond donors (Lipinski definition) is 0. The first-order chi connectivity index (χ1) is 34.5. The van der Waals surface area contributed by atoms with Crippen LogP contribution in [0.1, 0.15) is 284 Å². The maximum absolute atomic E-state index is 12.8. The molecule has 0 saturated carbocycles. The number of allylic oxidation sites excluding steroid dienone is 14. The molecule has 0 rings (SSSR count). The highest BCUT2D eigenvalue weighted by Crippen LogP contribution is 2.14. The number of carbonyl (C=O) groups excluding carboxylic acids is 3. The van der Waals surface area contributed by atoms with E-state index in [1.165, 1.54) is 161 Å². The molecule has 0 heterocycles. The van der Waals surface area contributed by atoms with Crippen molar-refractivity contribution in [1.82, 2.24) is 0 Å². The van der Waals surface area contributed by atoms with Gasteiger partial charge in [-0.3, -0.25) is 14.4 Å². The summed E-state index contributed by atoms with van der Waals surface area (Å²) >= 11 is 0. The number of ether oxygens (including phenoxy) is 3. The maximum Gasteiger partial charge on any atom is 0.306 e. The second-order valence-corrected chi connectivity index (χ2v) is 19.6. The number of hydrogen-bond acceptors (Lipinski definition) is 6. The zero-order chi connectivity index (χ0) is 50.7. The van der Waals surface area contributed by atoms with Crippen molar-refractivity contribution in [2.24, 2.45) is 0 Å². The van der Waals surface area contributed by atoms with E-state index in [2.05, 4.69) is 106 Å². The van der Waals surface area contributed by atoms with Crippen LogP contribution in [0.4, 0.5) is 0 Å². The molecule has 0 aromatic rings. The Labute approximate surface area is 433 Å². The Hall–Kier alpha value is -3.41. The van der Waals surface area contributed by atoms with Crippen LogP contribution in [-0.2, 0) is 28.6 Å². The Bertz CT molecular complexity index is 1350. The summed E-state index contributed by atoms with van der Waals surface area (Å²) < 4.78 is 16.8. The molecular weight excluding hydrogens is 865 g/mol. The standard InChI is InChI=1S/C64H110O6/c1-4-7-10-13-16-19-22-25-28-31-32-34-36-39-42-45-48-51-54-57-63(66)69-60-61(59-68-62(65)56-53-50-47-44-41-38-35-30-27-24-21-18-15-12-9-6-3)70-64(67)58-55-52-49-46-43-40-37-33-29-26-23-20-17-14-11-8-5-2/h17,20,26,29-32,35,37-38,40-41,46,49,61H,4-16,18-19,21-25,27-28,33-34,36,39,42-45,47-48,50-60H2,1-3H3/b20-17-,29-26-,32-31-,35-30-,40-37-,41-38-,49-46-. The summed E-state index contributed by atoms with van der Waals surface area (Å²) in [5.41, 5.74) is 0.